The Bertz CT molecular complexity index is 1130. The van der Waals surface area contributed by atoms with Gasteiger partial charge in [0.15, 0.2) is 0 Å². The molecule has 0 aromatic heterocycles. The number of piperidine rings is 1. The molecule has 5 rings (SSSR count). The lowest BCUT2D eigenvalue weighted by Crippen LogP contribution is -2.43. The fourth-order valence-corrected chi connectivity index (χ4v) is 6.33. The van der Waals surface area contributed by atoms with Crippen molar-refractivity contribution in [3.8, 4) is 0 Å². The highest BCUT2D eigenvalue weighted by atomic mass is 32.2. The molecule has 0 bridgehead atoms. The number of hydrogen-bond acceptors (Lipinski definition) is 5. The molecule has 0 atom stereocenters. The molecule has 3 aliphatic heterocycles. The molecule has 1 spiro atoms. The minimum absolute atomic E-state index is 0.161. The zero-order chi connectivity index (χ0) is 22.3. The van der Waals surface area contributed by atoms with E-state index in [4.69, 9.17) is 9.47 Å². The number of aryl methyl sites for hydroxylation is 1. The van der Waals surface area contributed by atoms with E-state index >= 15 is 0 Å². The van der Waals surface area contributed by atoms with Crippen molar-refractivity contribution in [1.82, 2.24) is 4.31 Å². The first-order chi connectivity index (χ1) is 15.4. The Balaban J connectivity index is 1.48. The third kappa shape index (κ3) is 3.65. The second kappa shape index (κ2) is 8.26. The zero-order valence-corrected chi connectivity index (χ0v) is 19.1. The summed E-state index contributed by atoms with van der Waals surface area (Å²) >= 11 is 0. The Morgan fingerprint density at radius 3 is 2.47 bits per heavy atom. The van der Waals surface area contributed by atoms with Crippen LogP contribution < -0.4 is 4.90 Å². The van der Waals surface area contributed by atoms with E-state index in [2.05, 4.69) is 0 Å². The molecule has 32 heavy (non-hydrogen) atoms. The van der Waals surface area contributed by atoms with Crippen LogP contribution in [-0.4, -0.2) is 51.5 Å². The molecular formula is C24H28N2O5S. The van der Waals surface area contributed by atoms with Gasteiger partial charge < -0.3 is 14.4 Å². The molecule has 0 aliphatic carbocycles. The van der Waals surface area contributed by atoms with Gasteiger partial charge in [-0.3, -0.25) is 4.79 Å². The van der Waals surface area contributed by atoms with E-state index in [1.54, 1.807) is 23.1 Å². The molecule has 2 fully saturated rings. The van der Waals surface area contributed by atoms with Gasteiger partial charge in [0, 0.05) is 24.2 Å². The number of benzene rings is 2. The van der Waals surface area contributed by atoms with Gasteiger partial charge >= 0.3 is 0 Å². The molecule has 170 valence electrons. The van der Waals surface area contributed by atoms with Gasteiger partial charge in [-0.1, -0.05) is 24.1 Å². The number of nitrogens with zero attached hydrogens (tertiary/aromatic N) is 2. The van der Waals surface area contributed by atoms with E-state index in [9.17, 15) is 13.2 Å². The Morgan fingerprint density at radius 1 is 0.969 bits per heavy atom. The fraction of sp³-hybridized carbons (Fsp3) is 0.458. The van der Waals surface area contributed by atoms with E-state index in [0.29, 0.717) is 31.9 Å². The summed E-state index contributed by atoms with van der Waals surface area (Å²) < 4.78 is 39.9. The summed E-state index contributed by atoms with van der Waals surface area (Å²) in [5.41, 5.74) is 2.99. The van der Waals surface area contributed by atoms with E-state index in [1.165, 1.54) is 10.4 Å². The number of anilines is 1. The van der Waals surface area contributed by atoms with Gasteiger partial charge in [-0.2, -0.15) is 4.31 Å². The van der Waals surface area contributed by atoms with Crippen LogP contribution in [-0.2, 0) is 25.3 Å². The van der Waals surface area contributed by atoms with E-state index < -0.39 is 15.8 Å². The van der Waals surface area contributed by atoms with E-state index in [0.717, 1.165) is 42.5 Å². The average Bonchev–Trinajstić information content (AvgIpc) is 3.12. The standard InChI is InChI=1S/C24H28N2O5S/c1-18-9-10-22-21(15-18)24(30-13-6-14-31-24)17-26(22)23(27)19-7-5-8-20(16-19)32(28,29)25-11-3-2-4-12-25/h5,7-10,15-16H,2-4,6,11-14,17H2,1H3. The van der Waals surface area contributed by atoms with Gasteiger partial charge in [-0.25, -0.2) is 8.42 Å². The van der Waals surface area contributed by atoms with Crippen molar-refractivity contribution in [2.75, 3.05) is 37.7 Å². The minimum Gasteiger partial charge on any atom is -0.344 e. The first kappa shape index (κ1) is 21.6. The second-order valence-corrected chi connectivity index (χ2v) is 10.6. The monoisotopic (exact) mass is 456 g/mol. The molecule has 2 aromatic rings. The lowest BCUT2D eigenvalue weighted by atomic mass is 10.0. The summed E-state index contributed by atoms with van der Waals surface area (Å²) in [6.45, 7) is 4.43. The lowest BCUT2D eigenvalue weighted by molar-refractivity contribution is -0.265. The summed E-state index contributed by atoms with van der Waals surface area (Å²) in [5, 5.41) is 0. The van der Waals surface area contributed by atoms with Crippen molar-refractivity contribution in [2.45, 2.75) is 43.3 Å². The topological polar surface area (TPSA) is 76.2 Å². The fourth-order valence-electron chi connectivity index (χ4n) is 4.77. The Kier molecular flexibility index (Phi) is 5.57. The molecule has 3 heterocycles. The average molecular weight is 457 g/mol. The molecule has 1 amide bonds. The van der Waals surface area contributed by atoms with E-state index in [1.807, 2.05) is 25.1 Å². The summed E-state index contributed by atoms with van der Waals surface area (Å²) in [4.78, 5) is 15.4. The third-order valence-electron chi connectivity index (χ3n) is 6.46. The van der Waals surface area contributed by atoms with Crippen LogP contribution in [0.15, 0.2) is 47.4 Å². The van der Waals surface area contributed by atoms with Gasteiger partial charge in [-0.05, 0) is 56.5 Å². The van der Waals surface area contributed by atoms with Crippen molar-refractivity contribution in [1.29, 1.82) is 0 Å². The summed E-state index contributed by atoms with van der Waals surface area (Å²) in [6.07, 6.45) is 3.59. The number of fused-ring (bicyclic) bond motifs is 2. The van der Waals surface area contributed by atoms with Crippen molar-refractivity contribution >= 4 is 21.6 Å². The summed E-state index contributed by atoms with van der Waals surface area (Å²) in [7, 11) is -3.62. The quantitative estimate of drug-likeness (QED) is 0.707. The van der Waals surface area contributed by atoms with Gasteiger partial charge in [0.1, 0.15) is 0 Å². The van der Waals surface area contributed by atoms with Crippen LogP contribution in [0.25, 0.3) is 0 Å². The smallest absolute Gasteiger partial charge is 0.258 e. The molecule has 8 heteroatoms. The van der Waals surface area contributed by atoms with Crippen LogP contribution in [0.5, 0.6) is 0 Å². The molecular weight excluding hydrogens is 428 g/mol. The molecule has 2 aromatic carbocycles. The molecule has 7 nitrogen and oxygen atoms in total. The third-order valence-corrected chi connectivity index (χ3v) is 8.35. The van der Waals surface area contributed by atoms with Gasteiger partial charge in [-0.15, -0.1) is 0 Å². The van der Waals surface area contributed by atoms with Crippen LogP contribution >= 0.6 is 0 Å². The van der Waals surface area contributed by atoms with Crippen molar-refractivity contribution in [3.63, 3.8) is 0 Å². The number of sulfonamides is 1. The van der Waals surface area contributed by atoms with Crippen molar-refractivity contribution in [2.24, 2.45) is 0 Å². The van der Waals surface area contributed by atoms with Crippen LogP contribution in [0.2, 0.25) is 0 Å². The number of carbonyl (C=O) groups excluding carboxylic acids is 1. The Labute approximate surface area is 189 Å². The second-order valence-electron chi connectivity index (χ2n) is 8.71. The van der Waals surface area contributed by atoms with Crippen LogP contribution in [0, 0.1) is 6.92 Å². The lowest BCUT2D eigenvalue weighted by Gasteiger charge is -2.34. The minimum atomic E-state index is -3.62. The zero-order valence-electron chi connectivity index (χ0n) is 18.2. The Hall–Kier alpha value is -2.26. The first-order valence-electron chi connectivity index (χ1n) is 11.2. The highest BCUT2D eigenvalue weighted by Gasteiger charge is 2.48. The number of rotatable bonds is 3. The molecule has 0 unspecified atom stereocenters. The van der Waals surface area contributed by atoms with Gasteiger partial charge in [0.2, 0.25) is 15.8 Å². The van der Waals surface area contributed by atoms with Crippen LogP contribution in [0.1, 0.15) is 47.2 Å². The maximum atomic E-state index is 13.6. The molecule has 3 aliphatic rings. The largest absolute Gasteiger partial charge is 0.344 e. The highest BCUT2D eigenvalue weighted by Crippen LogP contribution is 2.45. The summed E-state index contributed by atoms with van der Waals surface area (Å²) in [5.74, 6) is -1.23. The van der Waals surface area contributed by atoms with E-state index in [-0.39, 0.29) is 17.3 Å². The molecule has 2 saturated heterocycles. The van der Waals surface area contributed by atoms with Crippen molar-refractivity contribution < 1.29 is 22.7 Å². The van der Waals surface area contributed by atoms with Gasteiger partial charge in [0.05, 0.1) is 30.3 Å². The number of hydrogen-bond donors (Lipinski definition) is 0. The van der Waals surface area contributed by atoms with Crippen molar-refractivity contribution in [3.05, 3.63) is 59.2 Å². The Morgan fingerprint density at radius 2 is 1.72 bits per heavy atom. The number of ether oxygens (including phenoxy) is 2. The predicted octanol–water partition coefficient (Wildman–Crippen LogP) is 3.42. The maximum Gasteiger partial charge on any atom is 0.258 e. The van der Waals surface area contributed by atoms with Gasteiger partial charge in [0.25, 0.3) is 5.91 Å². The predicted molar refractivity (Wildman–Crippen MR) is 120 cm³/mol. The number of carbonyl (C=O) groups is 1. The normalized spacial score (nSPS) is 21.0. The summed E-state index contributed by atoms with van der Waals surface area (Å²) in [6, 6.07) is 12.2. The number of amides is 1. The molecule has 0 N–H and O–H groups in total. The highest BCUT2D eigenvalue weighted by molar-refractivity contribution is 7.89. The van der Waals surface area contributed by atoms with Crippen LogP contribution in [0.3, 0.4) is 0 Å². The SMILES string of the molecule is Cc1ccc2c(c1)C1(CN2C(=O)c2cccc(S(=O)(=O)N3CCCCC3)c2)OCCCO1. The molecule has 0 radical (unpaired) electrons. The maximum absolute atomic E-state index is 13.6. The van der Waals surface area contributed by atoms with Crippen LogP contribution in [0.4, 0.5) is 5.69 Å². The first-order valence-corrected chi connectivity index (χ1v) is 12.7. The molecule has 0 saturated carbocycles.